The van der Waals surface area contributed by atoms with Crippen LogP contribution in [0.4, 0.5) is 16.4 Å². The van der Waals surface area contributed by atoms with Crippen molar-refractivity contribution >= 4 is 29.3 Å². The van der Waals surface area contributed by atoms with Crippen LogP contribution in [-0.4, -0.2) is 47.9 Å². The van der Waals surface area contributed by atoms with E-state index in [0.717, 1.165) is 25.9 Å². The van der Waals surface area contributed by atoms with Gasteiger partial charge in [0, 0.05) is 13.1 Å². The Hall–Kier alpha value is -1.76. The molecule has 1 fully saturated rings. The minimum absolute atomic E-state index is 0.102. The molecule has 0 aliphatic carbocycles. The Kier molecular flexibility index (Phi) is 4.23. The van der Waals surface area contributed by atoms with Crippen molar-refractivity contribution in [2.24, 2.45) is 0 Å². The maximum atomic E-state index is 12.5. The van der Waals surface area contributed by atoms with E-state index in [1.54, 1.807) is 0 Å². The molecule has 2 aliphatic rings. The van der Waals surface area contributed by atoms with Crippen molar-refractivity contribution in [3.8, 4) is 5.75 Å². The van der Waals surface area contributed by atoms with Crippen LogP contribution in [0.5, 0.6) is 5.75 Å². The first-order chi connectivity index (χ1) is 10.8. The fraction of sp³-hybridized carbons (Fsp3) is 0.667. The lowest BCUT2D eigenvalue weighted by molar-refractivity contribution is 0.0566. The van der Waals surface area contributed by atoms with E-state index in [1.807, 2.05) is 20.8 Å². The summed E-state index contributed by atoms with van der Waals surface area (Å²) >= 11 is 6.08. The first-order valence-electron chi connectivity index (χ1n) is 7.81. The quantitative estimate of drug-likeness (QED) is 0.732. The first kappa shape index (κ1) is 16.1. The second-order valence-corrected chi connectivity index (χ2v) is 6.98. The third-order valence-electron chi connectivity index (χ3n) is 3.64. The molecule has 1 aromatic heterocycles. The molecule has 7 nitrogen and oxygen atoms in total. The summed E-state index contributed by atoms with van der Waals surface area (Å²) in [4.78, 5) is 24.6. The van der Waals surface area contributed by atoms with Gasteiger partial charge >= 0.3 is 6.09 Å². The lowest BCUT2D eigenvalue weighted by Gasteiger charge is -2.32. The average Bonchev–Trinajstić information content (AvgIpc) is 2.97. The third kappa shape index (κ3) is 3.44. The summed E-state index contributed by atoms with van der Waals surface area (Å²) in [5, 5.41) is 0.102. The Morgan fingerprint density at radius 2 is 1.83 bits per heavy atom. The standard InChI is InChI=1S/C15H21ClN4O3/c1-15(2,3)23-14(21)20-8-9-22-10-11(19-6-4-5-7-19)17-13(16)18-12(10)20/h4-9H2,1-3H3. The van der Waals surface area contributed by atoms with Crippen molar-refractivity contribution in [1.29, 1.82) is 0 Å². The predicted molar refractivity (Wildman–Crippen MR) is 87.6 cm³/mol. The predicted octanol–water partition coefficient (Wildman–Crippen LogP) is 2.86. The molecule has 0 aromatic carbocycles. The molecular weight excluding hydrogens is 320 g/mol. The van der Waals surface area contributed by atoms with E-state index in [0.29, 0.717) is 30.5 Å². The Labute approximate surface area is 140 Å². The highest BCUT2D eigenvalue weighted by molar-refractivity contribution is 6.28. The summed E-state index contributed by atoms with van der Waals surface area (Å²) in [7, 11) is 0. The van der Waals surface area contributed by atoms with E-state index in [9.17, 15) is 4.79 Å². The van der Waals surface area contributed by atoms with Crippen molar-refractivity contribution in [1.82, 2.24) is 9.97 Å². The largest absolute Gasteiger partial charge is 0.485 e. The number of hydrogen-bond donors (Lipinski definition) is 0. The van der Waals surface area contributed by atoms with Crippen molar-refractivity contribution in [3.05, 3.63) is 5.28 Å². The summed E-state index contributed by atoms with van der Waals surface area (Å²) in [6.07, 6.45) is 1.75. The summed E-state index contributed by atoms with van der Waals surface area (Å²) < 4.78 is 11.2. The van der Waals surface area contributed by atoms with Gasteiger partial charge in [-0.1, -0.05) is 0 Å². The third-order valence-corrected chi connectivity index (χ3v) is 3.81. The molecular formula is C15H21ClN4O3. The molecule has 2 aliphatic heterocycles. The van der Waals surface area contributed by atoms with Gasteiger partial charge in [-0.05, 0) is 45.2 Å². The number of halogens is 1. The van der Waals surface area contributed by atoms with Crippen molar-refractivity contribution in [3.63, 3.8) is 0 Å². The van der Waals surface area contributed by atoms with Crippen LogP contribution < -0.4 is 14.5 Å². The Bertz CT molecular complexity index is 611. The second kappa shape index (κ2) is 6.03. The molecule has 3 rings (SSSR count). The number of carbonyl (C=O) groups is 1. The fourth-order valence-electron chi connectivity index (χ4n) is 2.70. The minimum atomic E-state index is -0.579. The number of nitrogens with zero attached hydrogens (tertiary/aromatic N) is 4. The number of aromatic nitrogens is 2. The topological polar surface area (TPSA) is 67.8 Å². The molecule has 23 heavy (non-hydrogen) atoms. The van der Waals surface area contributed by atoms with Crippen LogP contribution in [0.15, 0.2) is 0 Å². The van der Waals surface area contributed by atoms with Gasteiger partial charge in [-0.2, -0.15) is 9.97 Å². The second-order valence-electron chi connectivity index (χ2n) is 6.64. The summed E-state index contributed by atoms with van der Waals surface area (Å²) in [6.45, 7) is 8.02. The molecule has 0 atom stereocenters. The van der Waals surface area contributed by atoms with Crippen molar-refractivity contribution in [2.75, 3.05) is 36.0 Å². The average molecular weight is 341 g/mol. The highest BCUT2D eigenvalue weighted by atomic mass is 35.5. The van der Waals surface area contributed by atoms with Crippen LogP contribution in [0.3, 0.4) is 0 Å². The lowest BCUT2D eigenvalue weighted by atomic mass is 10.2. The van der Waals surface area contributed by atoms with E-state index in [1.165, 1.54) is 4.90 Å². The Morgan fingerprint density at radius 3 is 2.48 bits per heavy atom. The zero-order valence-electron chi connectivity index (χ0n) is 13.6. The zero-order chi connectivity index (χ0) is 16.6. The molecule has 0 unspecified atom stereocenters. The normalized spacial score (nSPS) is 17.7. The van der Waals surface area contributed by atoms with Crippen LogP contribution in [-0.2, 0) is 4.74 Å². The number of rotatable bonds is 1. The fourth-order valence-corrected chi connectivity index (χ4v) is 2.86. The minimum Gasteiger partial charge on any atom is -0.485 e. The van der Waals surface area contributed by atoms with Gasteiger partial charge in [0.25, 0.3) is 0 Å². The maximum absolute atomic E-state index is 12.5. The smallest absolute Gasteiger partial charge is 0.416 e. The van der Waals surface area contributed by atoms with Gasteiger partial charge in [-0.3, -0.25) is 4.90 Å². The number of carbonyl (C=O) groups excluding carboxylic acids is 1. The van der Waals surface area contributed by atoms with Gasteiger partial charge in [0.1, 0.15) is 12.2 Å². The molecule has 0 spiro atoms. The molecule has 126 valence electrons. The van der Waals surface area contributed by atoms with Crippen LogP contribution in [0.25, 0.3) is 0 Å². The van der Waals surface area contributed by atoms with Gasteiger partial charge in [0.15, 0.2) is 11.6 Å². The van der Waals surface area contributed by atoms with Gasteiger partial charge in [-0.15, -0.1) is 0 Å². The first-order valence-corrected chi connectivity index (χ1v) is 8.19. The van der Waals surface area contributed by atoms with E-state index in [2.05, 4.69) is 14.9 Å². The highest BCUT2D eigenvalue weighted by Crippen LogP contribution is 2.40. The number of anilines is 2. The molecule has 0 radical (unpaired) electrons. The van der Waals surface area contributed by atoms with Gasteiger partial charge < -0.3 is 14.4 Å². The highest BCUT2D eigenvalue weighted by Gasteiger charge is 2.33. The van der Waals surface area contributed by atoms with Gasteiger partial charge in [-0.25, -0.2) is 4.79 Å². The van der Waals surface area contributed by atoms with Crippen molar-refractivity contribution < 1.29 is 14.3 Å². The number of ether oxygens (including phenoxy) is 2. The summed E-state index contributed by atoms with van der Waals surface area (Å²) in [5.74, 6) is 1.55. The SMILES string of the molecule is CC(C)(C)OC(=O)N1CCOc2c(N3CCCC3)nc(Cl)nc21. The molecule has 1 saturated heterocycles. The Morgan fingerprint density at radius 1 is 1.17 bits per heavy atom. The van der Waals surface area contributed by atoms with Crippen molar-refractivity contribution in [2.45, 2.75) is 39.2 Å². The summed E-state index contributed by atoms with van der Waals surface area (Å²) in [5.41, 5.74) is -0.579. The lowest BCUT2D eigenvalue weighted by Crippen LogP contribution is -2.42. The number of fused-ring (bicyclic) bond motifs is 1. The van der Waals surface area contributed by atoms with Crippen LogP contribution in [0.2, 0.25) is 5.28 Å². The Balaban J connectivity index is 1.96. The molecule has 1 amide bonds. The molecule has 0 bridgehead atoms. The zero-order valence-corrected chi connectivity index (χ0v) is 14.4. The van der Waals surface area contributed by atoms with Crippen LogP contribution in [0.1, 0.15) is 33.6 Å². The van der Waals surface area contributed by atoms with Crippen LogP contribution >= 0.6 is 11.6 Å². The van der Waals surface area contributed by atoms with E-state index >= 15 is 0 Å². The molecule has 0 saturated carbocycles. The summed E-state index contributed by atoms with van der Waals surface area (Å²) in [6, 6.07) is 0. The molecule has 3 heterocycles. The van der Waals surface area contributed by atoms with Crippen LogP contribution in [0, 0.1) is 0 Å². The van der Waals surface area contributed by atoms with Gasteiger partial charge in [0.05, 0.1) is 6.54 Å². The molecule has 8 heteroatoms. The maximum Gasteiger partial charge on any atom is 0.416 e. The molecule has 0 N–H and O–H groups in total. The monoisotopic (exact) mass is 340 g/mol. The number of amides is 1. The van der Waals surface area contributed by atoms with Gasteiger partial charge in [0.2, 0.25) is 11.0 Å². The van der Waals surface area contributed by atoms with E-state index < -0.39 is 11.7 Å². The van der Waals surface area contributed by atoms with E-state index in [-0.39, 0.29) is 5.28 Å². The number of hydrogen-bond acceptors (Lipinski definition) is 6. The van der Waals surface area contributed by atoms with E-state index in [4.69, 9.17) is 21.1 Å². The molecule has 1 aromatic rings.